The van der Waals surface area contributed by atoms with Crippen LogP contribution < -0.4 is 19.7 Å². The fraction of sp³-hybridized carbons (Fsp3) is 0.526. The molecule has 1 saturated carbocycles. The van der Waals surface area contributed by atoms with Crippen LogP contribution in [0.25, 0.3) is 10.9 Å². The van der Waals surface area contributed by atoms with E-state index in [0.717, 1.165) is 55.5 Å². The summed E-state index contributed by atoms with van der Waals surface area (Å²) in [4.78, 5) is 23.4. The lowest BCUT2D eigenvalue weighted by molar-refractivity contribution is -0.125. The first-order valence-corrected chi connectivity index (χ1v) is 9.11. The zero-order chi connectivity index (χ0) is 18.1. The second-order valence-electron chi connectivity index (χ2n) is 6.97. The number of carbonyl (C=O) groups is 1. The minimum Gasteiger partial charge on any atom is -0.493 e. The van der Waals surface area contributed by atoms with Crippen molar-refractivity contribution >= 4 is 22.6 Å². The monoisotopic (exact) mass is 356 g/mol. The Morgan fingerprint density at radius 2 is 1.77 bits per heavy atom. The van der Waals surface area contributed by atoms with Crippen LogP contribution in [0.15, 0.2) is 18.5 Å². The Hall–Kier alpha value is -2.57. The Labute approximate surface area is 152 Å². The van der Waals surface area contributed by atoms with E-state index < -0.39 is 0 Å². The van der Waals surface area contributed by atoms with Crippen LogP contribution in [-0.2, 0) is 4.79 Å². The van der Waals surface area contributed by atoms with Crippen LogP contribution in [0.2, 0.25) is 0 Å². The normalized spacial score (nSPS) is 18.0. The zero-order valence-electron chi connectivity index (χ0n) is 15.2. The van der Waals surface area contributed by atoms with E-state index >= 15 is 0 Å². The van der Waals surface area contributed by atoms with E-state index in [2.05, 4.69) is 20.2 Å². The van der Waals surface area contributed by atoms with Crippen LogP contribution in [0.3, 0.4) is 0 Å². The molecule has 7 heteroatoms. The SMILES string of the molecule is COc1cc2ncnc(N3CCC(C(=O)NC4CC4)CC3)c2cc1OC. The van der Waals surface area contributed by atoms with Gasteiger partial charge in [0.15, 0.2) is 11.5 Å². The maximum Gasteiger partial charge on any atom is 0.223 e. The van der Waals surface area contributed by atoms with Gasteiger partial charge in [0, 0.05) is 36.5 Å². The fourth-order valence-electron chi connectivity index (χ4n) is 3.52. The molecule has 0 spiro atoms. The van der Waals surface area contributed by atoms with Gasteiger partial charge < -0.3 is 19.7 Å². The molecular weight excluding hydrogens is 332 g/mol. The standard InChI is InChI=1S/C19H24N4O3/c1-25-16-9-14-15(10-17(16)26-2)20-11-21-18(14)23-7-5-12(6-8-23)19(24)22-13-3-4-13/h9-13H,3-8H2,1-2H3,(H,22,24). The van der Waals surface area contributed by atoms with E-state index in [1.54, 1.807) is 20.5 Å². The Bertz CT molecular complexity index is 814. The van der Waals surface area contributed by atoms with Crippen molar-refractivity contribution in [3.8, 4) is 11.5 Å². The molecule has 2 heterocycles. The quantitative estimate of drug-likeness (QED) is 0.885. The number of nitrogens with zero attached hydrogens (tertiary/aromatic N) is 3. The van der Waals surface area contributed by atoms with Gasteiger partial charge in [-0.3, -0.25) is 4.79 Å². The average Bonchev–Trinajstić information content (AvgIpc) is 3.50. The van der Waals surface area contributed by atoms with E-state index in [9.17, 15) is 4.79 Å². The van der Waals surface area contributed by atoms with Crippen molar-refractivity contribution in [2.45, 2.75) is 31.7 Å². The highest BCUT2D eigenvalue weighted by Crippen LogP contribution is 2.35. The number of rotatable bonds is 5. The molecule has 2 fully saturated rings. The summed E-state index contributed by atoms with van der Waals surface area (Å²) in [5.74, 6) is 2.52. The van der Waals surface area contributed by atoms with Gasteiger partial charge in [-0.05, 0) is 31.7 Å². The van der Waals surface area contributed by atoms with E-state index in [4.69, 9.17) is 9.47 Å². The molecule has 0 radical (unpaired) electrons. The van der Waals surface area contributed by atoms with Gasteiger partial charge in [0.25, 0.3) is 0 Å². The molecule has 26 heavy (non-hydrogen) atoms. The van der Waals surface area contributed by atoms with Crippen molar-refractivity contribution < 1.29 is 14.3 Å². The number of ether oxygens (including phenoxy) is 2. The number of fused-ring (bicyclic) bond motifs is 1. The lowest BCUT2D eigenvalue weighted by atomic mass is 9.95. The molecule has 0 atom stereocenters. The molecule has 1 N–H and O–H groups in total. The third kappa shape index (κ3) is 3.25. The van der Waals surface area contributed by atoms with Crippen LogP contribution in [-0.4, -0.2) is 49.2 Å². The Balaban J connectivity index is 1.54. The first kappa shape index (κ1) is 16.9. The molecule has 2 aliphatic rings. The van der Waals surface area contributed by atoms with Gasteiger partial charge in [0.05, 0.1) is 19.7 Å². The molecule has 1 aromatic heterocycles. The highest BCUT2D eigenvalue weighted by atomic mass is 16.5. The minimum absolute atomic E-state index is 0.106. The Kier molecular flexibility index (Phi) is 4.53. The van der Waals surface area contributed by atoms with Crippen LogP contribution in [0.4, 0.5) is 5.82 Å². The molecule has 2 aromatic rings. The Morgan fingerprint density at radius 1 is 1.08 bits per heavy atom. The lowest BCUT2D eigenvalue weighted by Crippen LogP contribution is -2.41. The number of amides is 1. The van der Waals surface area contributed by atoms with Gasteiger partial charge in [0.1, 0.15) is 12.1 Å². The molecule has 1 aliphatic carbocycles. The van der Waals surface area contributed by atoms with Crippen LogP contribution >= 0.6 is 0 Å². The Morgan fingerprint density at radius 3 is 2.42 bits per heavy atom. The number of hydrogen-bond donors (Lipinski definition) is 1. The highest BCUT2D eigenvalue weighted by Gasteiger charge is 2.30. The maximum atomic E-state index is 12.3. The van der Waals surface area contributed by atoms with E-state index in [0.29, 0.717) is 17.5 Å². The number of aromatic nitrogens is 2. The van der Waals surface area contributed by atoms with Crippen LogP contribution in [0.5, 0.6) is 11.5 Å². The molecule has 1 saturated heterocycles. The van der Waals surface area contributed by atoms with Crippen LogP contribution in [0, 0.1) is 5.92 Å². The fourth-order valence-corrected chi connectivity index (χ4v) is 3.52. The summed E-state index contributed by atoms with van der Waals surface area (Å²) >= 11 is 0. The molecule has 4 rings (SSSR count). The first-order chi connectivity index (χ1) is 12.7. The third-order valence-electron chi connectivity index (χ3n) is 5.21. The largest absolute Gasteiger partial charge is 0.493 e. The number of benzene rings is 1. The predicted molar refractivity (Wildman–Crippen MR) is 98.7 cm³/mol. The minimum atomic E-state index is 0.106. The van der Waals surface area contributed by atoms with Gasteiger partial charge in [0.2, 0.25) is 5.91 Å². The molecule has 0 unspecified atom stereocenters. The van der Waals surface area contributed by atoms with E-state index in [1.165, 1.54) is 0 Å². The average molecular weight is 356 g/mol. The molecule has 1 amide bonds. The molecule has 138 valence electrons. The second kappa shape index (κ2) is 6.97. The molecule has 7 nitrogen and oxygen atoms in total. The third-order valence-corrected chi connectivity index (χ3v) is 5.21. The highest BCUT2D eigenvalue weighted by molar-refractivity contribution is 5.92. The van der Waals surface area contributed by atoms with Gasteiger partial charge in [-0.25, -0.2) is 9.97 Å². The zero-order valence-corrected chi connectivity index (χ0v) is 15.2. The number of anilines is 1. The first-order valence-electron chi connectivity index (χ1n) is 9.11. The summed E-state index contributed by atoms with van der Waals surface area (Å²) in [5, 5.41) is 4.06. The topological polar surface area (TPSA) is 76.6 Å². The number of nitrogens with one attached hydrogen (secondary N) is 1. The van der Waals surface area contributed by atoms with Crippen molar-refractivity contribution in [2.24, 2.45) is 5.92 Å². The number of hydrogen-bond acceptors (Lipinski definition) is 6. The molecular formula is C19H24N4O3. The molecule has 1 aliphatic heterocycles. The summed E-state index contributed by atoms with van der Waals surface area (Å²) < 4.78 is 10.8. The van der Waals surface area contributed by atoms with Crippen molar-refractivity contribution in [1.29, 1.82) is 0 Å². The van der Waals surface area contributed by atoms with Gasteiger partial charge in [-0.15, -0.1) is 0 Å². The van der Waals surface area contributed by atoms with Crippen molar-refractivity contribution in [3.63, 3.8) is 0 Å². The summed E-state index contributed by atoms with van der Waals surface area (Å²) in [6.45, 7) is 1.62. The van der Waals surface area contributed by atoms with Gasteiger partial charge in [-0.1, -0.05) is 0 Å². The lowest BCUT2D eigenvalue weighted by Gasteiger charge is -2.32. The van der Waals surface area contributed by atoms with Crippen LogP contribution in [0.1, 0.15) is 25.7 Å². The smallest absolute Gasteiger partial charge is 0.223 e. The second-order valence-corrected chi connectivity index (χ2v) is 6.97. The summed E-state index contributed by atoms with van der Waals surface area (Å²) in [6.07, 6.45) is 5.52. The van der Waals surface area contributed by atoms with Crippen molar-refractivity contribution in [2.75, 3.05) is 32.2 Å². The summed E-state index contributed by atoms with van der Waals surface area (Å²) in [7, 11) is 3.24. The number of piperidine rings is 1. The van der Waals surface area contributed by atoms with E-state index in [1.807, 2.05) is 12.1 Å². The van der Waals surface area contributed by atoms with Gasteiger partial charge >= 0.3 is 0 Å². The summed E-state index contributed by atoms with van der Waals surface area (Å²) in [5.41, 5.74) is 0.821. The number of methoxy groups -OCH3 is 2. The predicted octanol–water partition coefficient (Wildman–Crippen LogP) is 2.14. The van der Waals surface area contributed by atoms with Crippen molar-refractivity contribution in [3.05, 3.63) is 18.5 Å². The molecule has 0 bridgehead atoms. The maximum absolute atomic E-state index is 12.3. The van der Waals surface area contributed by atoms with Crippen molar-refractivity contribution in [1.82, 2.24) is 15.3 Å². The molecule has 1 aromatic carbocycles. The van der Waals surface area contributed by atoms with Gasteiger partial charge in [-0.2, -0.15) is 0 Å². The summed E-state index contributed by atoms with van der Waals surface area (Å²) in [6, 6.07) is 4.22. The van der Waals surface area contributed by atoms with E-state index in [-0.39, 0.29) is 11.8 Å². The number of carbonyl (C=O) groups excluding carboxylic acids is 1.